The summed E-state index contributed by atoms with van der Waals surface area (Å²) in [6.07, 6.45) is 0.590. The molecule has 2 N–H and O–H groups in total. The number of hydrogen-bond acceptors (Lipinski definition) is 5. The molecular formula is C8H14N4O2. The summed E-state index contributed by atoms with van der Waals surface area (Å²) in [6, 6.07) is 0. The normalized spacial score (nSPS) is 10.1. The van der Waals surface area contributed by atoms with Gasteiger partial charge in [-0.25, -0.2) is 0 Å². The van der Waals surface area contributed by atoms with Crippen LogP contribution in [0.5, 0.6) is 0 Å². The number of aromatic nitrogens is 2. The zero-order valence-corrected chi connectivity index (χ0v) is 8.33. The van der Waals surface area contributed by atoms with Gasteiger partial charge >= 0.3 is 0 Å². The second-order valence-electron chi connectivity index (χ2n) is 2.86. The van der Waals surface area contributed by atoms with Gasteiger partial charge in [-0.1, -0.05) is 5.16 Å². The van der Waals surface area contributed by atoms with Crippen LogP contribution < -0.4 is 10.6 Å². The molecule has 6 heteroatoms. The van der Waals surface area contributed by atoms with Crippen molar-refractivity contribution in [3.8, 4) is 0 Å². The molecule has 78 valence electrons. The second kappa shape index (κ2) is 5.33. The molecule has 0 unspecified atom stereocenters. The number of amides is 1. The molecule has 14 heavy (non-hydrogen) atoms. The Bertz CT molecular complexity index is 297. The summed E-state index contributed by atoms with van der Waals surface area (Å²) in [4.78, 5) is 15.0. The zero-order valence-electron chi connectivity index (χ0n) is 8.33. The summed E-state index contributed by atoms with van der Waals surface area (Å²) in [5.74, 6) is 1.13. The van der Waals surface area contributed by atoms with Crippen LogP contribution in [0.15, 0.2) is 4.52 Å². The largest absolute Gasteiger partial charge is 0.355 e. The van der Waals surface area contributed by atoms with E-state index in [1.54, 1.807) is 14.0 Å². The van der Waals surface area contributed by atoms with E-state index in [1.165, 1.54) is 0 Å². The fourth-order valence-electron chi connectivity index (χ4n) is 0.980. The first-order valence-corrected chi connectivity index (χ1v) is 4.43. The van der Waals surface area contributed by atoms with Crippen LogP contribution >= 0.6 is 0 Å². The minimum atomic E-state index is -0.0345. The third-order valence-electron chi connectivity index (χ3n) is 1.58. The average molecular weight is 198 g/mol. The summed E-state index contributed by atoms with van der Waals surface area (Å²) < 4.78 is 4.78. The molecule has 0 aromatic carbocycles. The number of carbonyl (C=O) groups excluding carboxylic acids is 1. The summed E-state index contributed by atoms with van der Waals surface area (Å²) >= 11 is 0. The predicted octanol–water partition coefficient (Wildman–Crippen LogP) is -0.744. The molecule has 1 amide bonds. The summed E-state index contributed by atoms with van der Waals surface area (Å²) in [6.45, 7) is 2.58. The first kappa shape index (κ1) is 10.6. The lowest BCUT2D eigenvalue weighted by Crippen LogP contribution is -2.33. The Balaban J connectivity index is 2.18. The van der Waals surface area contributed by atoms with E-state index in [1.807, 2.05) is 0 Å². The van der Waals surface area contributed by atoms with Gasteiger partial charge in [-0.15, -0.1) is 0 Å². The van der Waals surface area contributed by atoms with Crippen molar-refractivity contribution in [2.24, 2.45) is 0 Å². The van der Waals surface area contributed by atoms with Gasteiger partial charge in [0.15, 0.2) is 5.82 Å². The molecule has 1 aromatic rings. The van der Waals surface area contributed by atoms with E-state index in [4.69, 9.17) is 4.52 Å². The van der Waals surface area contributed by atoms with Crippen LogP contribution in [0.4, 0.5) is 0 Å². The fraction of sp³-hybridized carbons (Fsp3) is 0.625. The molecule has 0 atom stereocenters. The number of nitrogens with zero attached hydrogens (tertiary/aromatic N) is 2. The molecular weight excluding hydrogens is 184 g/mol. The van der Waals surface area contributed by atoms with Crippen molar-refractivity contribution in [3.63, 3.8) is 0 Å². The maximum Gasteiger partial charge on any atom is 0.233 e. The quantitative estimate of drug-likeness (QED) is 0.651. The molecule has 6 nitrogen and oxygen atoms in total. The van der Waals surface area contributed by atoms with Gasteiger partial charge in [-0.3, -0.25) is 4.79 Å². The van der Waals surface area contributed by atoms with E-state index in [2.05, 4.69) is 20.8 Å². The summed E-state index contributed by atoms with van der Waals surface area (Å²) in [5.41, 5.74) is 0. The highest BCUT2D eigenvalue weighted by Gasteiger charge is 2.02. The van der Waals surface area contributed by atoms with Crippen LogP contribution in [0.3, 0.4) is 0 Å². The van der Waals surface area contributed by atoms with Gasteiger partial charge in [-0.2, -0.15) is 4.98 Å². The van der Waals surface area contributed by atoms with Gasteiger partial charge in [0.25, 0.3) is 0 Å². The van der Waals surface area contributed by atoms with E-state index >= 15 is 0 Å². The Kier molecular flexibility index (Phi) is 4.06. The van der Waals surface area contributed by atoms with Crippen LogP contribution in [-0.2, 0) is 11.2 Å². The maximum absolute atomic E-state index is 11.0. The minimum Gasteiger partial charge on any atom is -0.355 e. The molecule has 0 spiro atoms. The smallest absolute Gasteiger partial charge is 0.233 e. The van der Waals surface area contributed by atoms with Crippen molar-refractivity contribution in [1.82, 2.24) is 20.8 Å². The molecule has 0 saturated heterocycles. The van der Waals surface area contributed by atoms with Crippen molar-refractivity contribution in [3.05, 3.63) is 11.7 Å². The molecule has 1 aromatic heterocycles. The number of rotatable bonds is 5. The number of hydrogen-bond donors (Lipinski definition) is 2. The lowest BCUT2D eigenvalue weighted by atomic mass is 10.4. The van der Waals surface area contributed by atoms with E-state index in [0.29, 0.717) is 31.2 Å². The van der Waals surface area contributed by atoms with Crippen LogP contribution in [-0.4, -0.2) is 36.2 Å². The molecule has 0 bridgehead atoms. The molecule has 0 aliphatic carbocycles. The van der Waals surface area contributed by atoms with Gasteiger partial charge in [0.1, 0.15) is 0 Å². The van der Waals surface area contributed by atoms with E-state index in [-0.39, 0.29) is 5.91 Å². The lowest BCUT2D eigenvalue weighted by Gasteiger charge is -2.01. The summed E-state index contributed by atoms with van der Waals surface area (Å²) in [7, 11) is 1.72. The third-order valence-corrected chi connectivity index (χ3v) is 1.58. The van der Waals surface area contributed by atoms with Crippen LogP contribution in [0.1, 0.15) is 11.7 Å². The van der Waals surface area contributed by atoms with Gasteiger partial charge in [0.2, 0.25) is 11.8 Å². The fourth-order valence-corrected chi connectivity index (χ4v) is 0.980. The standard InChI is InChI=1S/C8H14N4O2/c1-6-11-7(12-14-6)3-4-10-8(13)5-9-2/h9H,3-5H2,1-2H3,(H,10,13). The van der Waals surface area contributed by atoms with Gasteiger partial charge in [-0.05, 0) is 7.05 Å². The third kappa shape index (κ3) is 3.53. The number of carbonyl (C=O) groups is 1. The van der Waals surface area contributed by atoms with Crippen LogP contribution in [0.25, 0.3) is 0 Å². The SMILES string of the molecule is CNCC(=O)NCCc1noc(C)n1. The highest BCUT2D eigenvalue weighted by Crippen LogP contribution is 1.94. The number of likely N-dealkylation sites (N-methyl/N-ethyl adjacent to an activating group) is 1. The van der Waals surface area contributed by atoms with E-state index in [0.717, 1.165) is 0 Å². The van der Waals surface area contributed by atoms with Crippen molar-refractivity contribution in [2.75, 3.05) is 20.1 Å². The average Bonchev–Trinajstić information content (AvgIpc) is 2.52. The van der Waals surface area contributed by atoms with E-state index in [9.17, 15) is 4.79 Å². The zero-order chi connectivity index (χ0) is 10.4. The van der Waals surface area contributed by atoms with Crippen LogP contribution in [0.2, 0.25) is 0 Å². The highest BCUT2D eigenvalue weighted by atomic mass is 16.5. The van der Waals surface area contributed by atoms with Crippen molar-refractivity contribution in [1.29, 1.82) is 0 Å². The Hall–Kier alpha value is -1.43. The predicted molar refractivity (Wildman–Crippen MR) is 49.7 cm³/mol. The first-order chi connectivity index (χ1) is 6.72. The van der Waals surface area contributed by atoms with Gasteiger partial charge in [0, 0.05) is 19.9 Å². The molecule has 0 saturated carbocycles. The Morgan fingerprint density at radius 1 is 1.57 bits per heavy atom. The van der Waals surface area contributed by atoms with Gasteiger partial charge < -0.3 is 15.2 Å². The Labute approximate surface area is 82.1 Å². The van der Waals surface area contributed by atoms with E-state index < -0.39 is 0 Å². The monoisotopic (exact) mass is 198 g/mol. The molecule has 0 radical (unpaired) electrons. The molecule has 0 fully saturated rings. The highest BCUT2D eigenvalue weighted by molar-refractivity contribution is 5.77. The summed E-state index contributed by atoms with van der Waals surface area (Å²) in [5, 5.41) is 9.18. The number of nitrogens with one attached hydrogen (secondary N) is 2. The van der Waals surface area contributed by atoms with Crippen molar-refractivity contribution in [2.45, 2.75) is 13.3 Å². The maximum atomic E-state index is 11.0. The minimum absolute atomic E-state index is 0.0345. The number of aryl methyl sites for hydroxylation is 1. The molecule has 1 heterocycles. The molecule has 0 aliphatic heterocycles. The molecule has 1 rings (SSSR count). The van der Waals surface area contributed by atoms with Crippen LogP contribution in [0, 0.1) is 6.92 Å². The Morgan fingerprint density at radius 3 is 2.93 bits per heavy atom. The second-order valence-corrected chi connectivity index (χ2v) is 2.86. The first-order valence-electron chi connectivity index (χ1n) is 4.43. The van der Waals surface area contributed by atoms with Crippen molar-refractivity contribution >= 4 is 5.91 Å². The Morgan fingerprint density at radius 2 is 2.36 bits per heavy atom. The van der Waals surface area contributed by atoms with Crippen molar-refractivity contribution < 1.29 is 9.32 Å². The molecule has 0 aliphatic rings. The topological polar surface area (TPSA) is 80.0 Å². The lowest BCUT2D eigenvalue weighted by molar-refractivity contribution is -0.120. The van der Waals surface area contributed by atoms with Gasteiger partial charge in [0.05, 0.1) is 6.54 Å².